The van der Waals surface area contributed by atoms with Crippen molar-refractivity contribution in [3.8, 4) is 39.3 Å². The van der Waals surface area contributed by atoms with E-state index in [4.69, 9.17) is 4.98 Å². The number of benzene rings is 9. The number of para-hydroxylation sites is 6. The highest BCUT2D eigenvalue weighted by molar-refractivity contribution is 6.15. The Morgan fingerprint density at radius 3 is 1.67 bits per heavy atom. The van der Waals surface area contributed by atoms with Crippen LogP contribution in [-0.2, 0) is 10.8 Å². The molecular weight excluding hydrogens is 765 g/mol. The zero-order valence-corrected chi connectivity index (χ0v) is 34.8. The molecule has 1 atom stereocenters. The third-order valence-corrected chi connectivity index (χ3v) is 15.0. The van der Waals surface area contributed by atoms with Gasteiger partial charge in [0.1, 0.15) is 11.2 Å². The van der Waals surface area contributed by atoms with E-state index in [1.807, 2.05) is 0 Å². The van der Waals surface area contributed by atoms with Crippen molar-refractivity contribution in [2.45, 2.75) is 24.7 Å². The third-order valence-electron chi connectivity index (χ3n) is 15.0. The summed E-state index contributed by atoms with van der Waals surface area (Å²) in [5.41, 5.74) is 21.6. The van der Waals surface area contributed by atoms with E-state index < -0.39 is 5.41 Å². The van der Waals surface area contributed by atoms with Crippen LogP contribution in [0.15, 0.2) is 194 Å². The lowest BCUT2D eigenvalue weighted by atomic mass is 9.73. The molecule has 4 heteroatoms. The molecule has 0 bridgehead atoms. The number of hydrogen-bond acceptors (Lipinski definition) is 1. The first-order valence-electron chi connectivity index (χ1n) is 22.1. The summed E-state index contributed by atoms with van der Waals surface area (Å²) in [5.74, 6) is 1.06. The van der Waals surface area contributed by atoms with Crippen LogP contribution in [0.4, 0.5) is 0 Å². The summed E-state index contributed by atoms with van der Waals surface area (Å²) in [7, 11) is 0. The van der Waals surface area contributed by atoms with Crippen molar-refractivity contribution in [1.82, 2.24) is 18.7 Å². The number of hydrogen-bond donors (Lipinski definition) is 0. The van der Waals surface area contributed by atoms with Crippen LogP contribution in [0.2, 0.25) is 0 Å². The number of nitrogens with zero attached hydrogens (tertiary/aromatic N) is 4. The van der Waals surface area contributed by atoms with E-state index in [9.17, 15) is 0 Å². The standard InChI is InChI=1S/C59H38N4/c1-58(2)46-33-54-41(36-19-7-12-26-49(36)61(54)35-17-4-3-5-18-35)31-39(46)40-32-42-37-20-8-13-27-50(37)62(55(42)34-47(40)58)53-30-16-24-45-56(53)38-21-6-9-22-43(38)59(45)44-23-10-14-28-51(44)63-52-29-15-11-25-48(52)60-57(59)63/h3-34H,1-2H3. The highest BCUT2D eigenvalue weighted by Gasteiger charge is 2.55. The van der Waals surface area contributed by atoms with Crippen LogP contribution < -0.4 is 0 Å². The molecule has 0 N–H and O–H groups in total. The van der Waals surface area contributed by atoms with Crippen molar-refractivity contribution in [3.05, 3.63) is 228 Å². The molecule has 3 aromatic heterocycles. The first-order valence-corrected chi connectivity index (χ1v) is 22.1. The summed E-state index contributed by atoms with van der Waals surface area (Å²) in [6.07, 6.45) is 0. The summed E-state index contributed by atoms with van der Waals surface area (Å²) in [6.45, 7) is 4.84. The lowest BCUT2D eigenvalue weighted by molar-refractivity contribution is 0.661. The average molecular weight is 803 g/mol. The van der Waals surface area contributed by atoms with E-state index in [2.05, 4.69) is 222 Å². The van der Waals surface area contributed by atoms with Gasteiger partial charge in [0.2, 0.25) is 0 Å². The molecule has 1 spiro atoms. The van der Waals surface area contributed by atoms with Crippen molar-refractivity contribution in [2.24, 2.45) is 0 Å². The van der Waals surface area contributed by atoms with Gasteiger partial charge in [0.05, 0.1) is 44.5 Å². The van der Waals surface area contributed by atoms with Crippen LogP contribution in [0.1, 0.15) is 47.5 Å². The normalized spacial score (nSPS) is 16.3. The Bertz CT molecular complexity index is 4010. The van der Waals surface area contributed by atoms with Crippen molar-refractivity contribution in [2.75, 3.05) is 0 Å². The minimum atomic E-state index is -0.576. The van der Waals surface area contributed by atoms with Gasteiger partial charge in [-0.15, -0.1) is 0 Å². The fourth-order valence-corrected chi connectivity index (χ4v) is 12.4. The topological polar surface area (TPSA) is 27.7 Å². The maximum atomic E-state index is 5.52. The van der Waals surface area contributed by atoms with Crippen molar-refractivity contribution >= 4 is 54.6 Å². The minimum absolute atomic E-state index is 0.242. The van der Waals surface area contributed by atoms with E-state index >= 15 is 0 Å². The summed E-state index contributed by atoms with van der Waals surface area (Å²) < 4.78 is 7.43. The van der Waals surface area contributed by atoms with Crippen LogP contribution in [0.3, 0.4) is 0 Å². The molecular formula is C59H38N4. The molecule has 0 amide bonds. The van der Waals surface area contributed by atoms with E-state index in [0.717, 1.165) is 16.9 Å². The zero-order valence-electron chi connectivity index (χ0n) is 34.8. The van der Waals surface area contributed by atoms with Gasteiger partial charge < -0.3 is 9.13 Å². The first kappa shape index (κ1) is 33.7. The van der Waals surface area contributed by atoms with Gasteiger partial charge in [-0.3, -0.25) is 4.57 Å². The fraction of sp³-hybridized carbons (Fsp3) is 0.0678. The molecule has 3 aliphatic rings. The lowest BCUT2D eigenvalue weighted by Gasteiger charge is -2.27. The highest BCUT2D eigenvalue weighted by atomic mass is 15.1. The Morgan fingerprint density at radius 2 is 0.921 bits per heavy atom. The zero-order chi connectivity index (χ0) is 41.3. The van der Waals surface area contributed by atoms with Crippen LogP contribution >= 0.6 is 0 Å². The van der Waals surface area contributed by atoms with Crippen LogP contribution in [-0.4, -0.2) is 18.7 Å². The predicted octanol–water partition coefficient (Wildman–Crippen LogP) is 14.2. The van der Waals surface area contributed by atoms with E-state index in [1.54, 1.807) is 0 Å². The Labute approximate surface area is 363 Å². The monoisotopic (exact) mass is 802 g/mol. The molecule has 12 aromatic rings. The van der Waals surface area contributed by atoms with Crippen LogP contribution in [0.5, 0.6) is 0 Å². The molecule has 9 aromatic carbocycles. The molecule has 1 aliphatic heterocycles. The van der Waals surface area contributed by atoms with E-state index in [1.165, 1.54) is 111 Å². The Morgan fingerprint density at radius 1 is 0.365 bits per heavy atom. The molecule has 0 saturated heterocycles. The Kier molecular flexibility index (Phi) is 6.15. The largest absolute Gasteiger partial charge is 0.309 e. The van der Waals surface area contributed by atoms with E-state index in [0.29, 0.717) is 0 Å². The molecule has 63 heavy (non-hydrogen) atoms. The molecule has 4 nitrogen and oxygen atoms in total. The Hall–Kier alpha value is -7.95. The Balaban J connectivity index is 1.01. The number of imidazole rings is 1. The van der Waals surface area contributed by atoms with Gasteiger partial charge in [0, 0.05) is 38.2 Å². The van der Waals surface area contributed by atoms with Crippen molar-refractivity contribution < 1.29 is 0 Å². The van der Waals surface area contributed by atoms with Gasteiger partial charge >= 0.3 is 0 Å². The average Bonchev–Trinajstić information content (AvgIpc) is 4.14. The molecule has 15 rings (SSSR count). The van der Waals surface area contributed by atoms with Gasteiger partial charge in [-0.25, -0.2) is 4.98 Å². The van der Waals surface area contributed by atoms with Gasteiger partial charge in [0.15, 0.2) is 0 Å². The summed E-state index contributed by atoms with van der Waals surface area (Å²) in [5, 5.41) is 5.09. The van der Waals surface area contributed by atoms with E-state index in [-0.39, 0.29) is 5.41 Å². The molecule has 0 radical (unpaired) electrons. The summed E-state index contributed by atoms with van der Waals surface area (Å²) in [4.78, 5) is 5.52. The quantitative estimate of drug-likeness (QED) is 0.171. The molecule has 294 valence electrons. The van der Waals surface area contributed by atoms with Gasteiger partial charge in [0.25, 0.3) is 0 Å². The molecule has 1 unspecified atom stereocenters. The lowest BCUT2D eigenvalue weighted by Crippen LogP contribution is -2.27. The number of rotatable bonds is 2. The molecule has 2 aliphatic carbocycles. The number of fused-ring (bicyclic) bond motifs is 21. The van der Waals surface area contributed by atoms with Crippen molar-refractivity contribution in [1.29, 1.82) is 0 Å². The third kappa shape index (κ3) is 3.93. The smallest absolute Gasteiger partial charge is 0.134 e. The first-order chi connectivity index (χ1) is 31.0. The van der Waals surface area contributed by atoms with Crippen molar-refractivity contribution in [3.63, 3.8) is 0 Å². The molecule has 4 heterocycles. The highest BCUT2D eigenvalue weighted by Crippen LogP contribution is 2.62. The maximum Gasteiger partial charge on any atom is 0.134 e. The second-order valence-corrected chi connectivity index (χ2v) is 18.3. The molecule has 0 fully saturated rings. The van der Waals surface area contributed by atoms with Crippen LogP contribution in [0, 0.1) is 0 Å². The second kappa shape index (κ2) is 11.5. The predicted molar refractivity (Wildman–Crippen MR) is 258 cm³/mol. The SMILES string of the molecule is CC1(C)c2cc3c(cc2-c2cc4c5ccccc5n(-c5cccc6c5-c5ccccc5C65c6ccccc6-n6c5nc5ccccc56)c4cc21)c1ccccc1n3-c1ccccc1. The fourth-order valence-electron chi connectivity index (χ4n) is 12.4. The maximum absolute atomic E-state index is 5.52. The summed E-state index contributed by atoms with van der Waals surface area (Å²) >= 11 is 0. The van der Waals surface area contributed by atoms with Gasteiger partial charge in [-0.2, -0.15) is 0 Å². The second-order valence-electron chi connectivity index (χ2n) is 18.3. The van der Waals surface area contributed by atoms with Gasteiger partial charge in [-0.1, -0.05) is 135 Å². The number of aromatic nitrogens is 4. The minimum Gasteiger partial charge on any atom is -0.309 e. The van der Waals surface area contributed by atoms with Gasteiger partial charge in [-0.05, 0) is 117 Å². The van der Waals surface area contributed by atoms with Crippen LogP contribution in [0.25, 0.3) is 94.0 Å². The molecule has 0 saturated carbocycles. The summed E-state index contributed by atoms with van der Waals surface area (Å²) in [6, 6.07) is 72.3.